The van der Waals surface area contributed by atoms with Crippen LogP contribution in [0.5, 0.6) is 0 Å². The molecule has 0 radical (unpaired) electrons. The summed E-state index contributed by atoms with van der Waals surface area (Å²) in [4.78, 5) is 0. The molecule has 0 atom stereocenters. The van der Waals surface area contributed by atoms with Crippen molar-refractivity contribution in [3.8, 4) is 11.1 Å². The lowest BCUT2D eigenvalue weighted by Gasteiger charge is -2.09. The second kappa shape index (κ2) is 8.80. The van der Waals surface area contributed by atoms with Crippen LogP contribution in [0.25, 0.3) is 11.1 Å². The van der Waals surface area contributed by atoms with Crippen molar-refractivity contribution in [1.82, 2.24) is 5.32 Å². The first-order valence-electron chi connectivity index (χ1n) is 6.98. The number of benzene rings is 2. The summed E-state index contributed by atoms with van der Waals surface area (Å²) in [6.45, 7) is 3.29. The SMILES string of the molecule is CCCNC.Fc1ccc(-c2c(F)c(F)c(F)c(F)c2F)c(F)c1F. The lowest BCUT2D eigenvalue weighted by molar-refractivity contribution is 0.380. The van der Waals surface area contributed by atoms with Crippen LogP contribution < -0.4 is 5.32 Å². The number of hydrogen-bond acceptors (Lipinski definition) is 1. The normalized spacial score (nSPS) is 10.5. The zero-order valence-corrected chi connectivity index (χ0v) is 13.1. The molecule has 0 bridgehead atoms. The standard InChI is InChI=1S/C12H2F8.C4H11N/c13-4-2-1-3(6(14)7(4)15)5-8(16)10(18)12(20)11(19)9(5)17;1-3-4-5-2/h1-2H;5H,3-4H2,1-2H3. The third-order valence-electron chi connectivity index (χ3n) is 3.01. The van der Waals surface area contributed by atoms with E-state index in [1.165, 1.54) is 6.42 Å². The van der Waals surface area contributed by atoms with Crippen LogP contribution in [-0.4, -0.2) is 13.6 Å². The summed E-state index contributed by atoms with van der Waals surface area (Å²) >= 11 is 0. The van der Waals surface area contributed by atoms with Crippen molar-refractivity contribution in [2.24, 2.45) is 0 Å². The minimum Gasteiger partial charge on any atom is -0.320 e. The van der Waals surface area contributed by atoms with Crippen LogP contribution in [0.15, 0.2) is 12.1 Å². The predicted molar refractivity (Wildman–Crippen MR) is 75.8 cm³/mol. The molecule has 0 fully saturated rings. The number of hydrogen-bond donors (Lipinski definition) is 1. The van der Waals surface area contributed by atoms with Gasteiger partial charge in [-0.2, -0.15) is 0 Å². The Morgan fingerprint density at radius 3 is 1.56 bits per heavy atom. The highest BCUT2D eigenvalue weighted by Crippen LogP contribution is 2.34. The van der Waals surface area contributed by atoms with Gasteiger partial charge in [-0.3, -0.25) is 0 Å². The number of nitrogens with one attached hydrogen (secondary N) is 1. The number of halogens is 8. The van der Waals surface area contributed by atoms with E-state index in [1.807, 2.05) is 7.05 Å². The molecule has 0 saturated carbocycles. The fraction of sp³-hybridized carbons (Fsp3) is 0.250. The van der Waals surface area contributed by atoms with E-state index in [1.54, 1.807) is 0 Å². The van der Waals surface area contributed by atoms with Crippen LogP contribution in [0, 0.1) is 46.5 Å². The Balaban J connectivity index is 0.000000550. The quantitative estimate of drug-likeness (QED) is 0.451. The summed E-state index contributed by atoms with van der Waals surface area (Å²) in [6.07, 6.45) is 1.23. The van der Waals surface area contributed by atoms with Gasteiger partial charge in [-0.15, -0.1) is 0 Å². The van der Waals surface area contributed by atoms with Crippen LogP contribution >= 0.6 is 0 Å². The third kappa shape index (κ3) is 4.28. The van der Waals surface area contributed by atoms with Gasteiger partial charge in [0.15, 0.2) is 40.7 Å². The molecule has 9 heteroatoms. The summed E-state index contributed by atoms with van der Waals surface area (Å²) in [5.41, 5.74) is -2.95. The first-order valence-corrected chi connectivity index (χ1v) is 6.98. The van der Waals surface area contributed by atoms with Gasteiger partial charge in [0, 0.05) is 5.56 Å². The molecule has 0 aliphatic heterocycles. The van der Waals surface area contributed by atoms with Gasteiger partial charge in [0.25, 0.3) is 0 Å². The fourth-order valence-corrected chi connectivity index (χ4v) is 1.81. The van der Waals surface area contributed by atoms with Crippen LogP contribution in [0.1, 0.15) is 13.3 Å². The zero-order chi connectivity index (χ0) is 19.3. The van der Waals surface area contributed by atoms with E-state index < -0.39 is 57.7 Å². The Bertz CT molecular complexity index is 730. The van der Waals surface area contributed by atoms with E-state index in [0.717, 1.165) is 6.54 Å². The maximum absolute atomic E-state index is 13.4. The Hall–Kier alpha value is -2.16. The summed E-state index contributed by atoms with van der Waals surface area (Å²) < 4.78 is 105. The van der Waals surface area contributed by atoms with Gasteiger partial charge >= 0.3 is 0 Å². The molecular weight excluding hydrogens is 358 g/mol. The van der Waals surface area contributed by atoms with E-state index in [0.29, 0.717) is 12.1 Å². The molecule has 0 amide bonds. The summed E-state index contributed by atoms with van der Waals surface area (Å²) in [5.74, 6) is -17.6. The fourth-order valence-electron chi connectivity index (χ4n) is 1.81. The molecule has 0 aliphatic rings. The first kappa shape index (κ1) is 20.9. The Labute approximate surface area is 138 Å². The van der Waals surface area contributed by atoms with Gasteiger partial charge in [0.2, 0.25) is 5.82 Å². The van der Waals surface area contributed by atoms with Crippen LogP contribution in [0.3, 0.4) is 0 Å². The van der Waals surface area contributed by atoms with Crippen molar-refractivity contribution in [3.05, 3.63) is 58.7 Å². The van der Waals surface area contributed by atoms with Crippen LogP contribution in [-0.2, 0) is 0 Å². The second-order valence-corrected chi connectivity index (χ2v) is 4.77. The molecule has 1 nitrogen and oxygen atoms in total. The Morgan fingerprint density at radius 1 is 0.680 bits per heavy atom. The summed E-state index contributed by atoms with van der Waals surface area (Å²) in [7, 11) is 1.96. The zero-order valence-electron chi connectivity index (χ0n) is 13.1. The summed E-state index contributed by atoms with van der Waals surface area (Å²) in [6, 6.07) is 0.665. The van der Waals surface area contributed by atoms with Crippen molar-refractivity contribution < 1.29 is 35.1 Å². The topological polar surface area (TPSA) is 12.0 Å². The highest BCUT2D eigenvalue weighted by molar-refractivity contribution is 5.66. The molecule has 2 aromatic rings. The second-order valence-electron chi connectivity index (χ2n) is 4.77. The highest BCUT2D eigenvalue weighted by Gasteiger charge is 2.29. The molecule has 0 saturated heterocycles. The molecule has 138 valence electrons. The molecule has 0 heterocycles. The highest BCUT2D eigenvalue weighted by atomic mass is 19.2. The van der Waals surface area contributed by atoms with Crippen molar-refractivity contribution in [2.45, 2.75) is 13.3 Å². The molecule has 0 spiro atoms. The van der Waals surface area contributed by atoms with E-state index in [4.69, 9.17) is 0 Å². The smallest absolute Gasteiger partial charge is 0.200 e. The largest absolute Gasteiger partial charge is 0.320 e. The molecule has 2 rings (SSSR count). The maximum atomic E-state index is 13.4. The lowest BCUT2D eigenvalue weighted by Crippen LogP contribution is -2.06. The van der Waals surface area contributed by atoms with Crippen LogP contribution in [0.2, 0.25) is 0 Å². The molecule has 2 aromatic carbocycles. The summed E-state index contributed by atoms with van der Waals surface area (Å²) in [5, 5.41) is 3.02. The van der Waals surface area contributed by atoms with Gasteiger partial charge in [-0.25, -0.2) is 35.1 Å². The monoisotopic (exact) mass is 371 g/mol. The molecule has 0 unspecified atom stereocenters. The minimum atomic E-state index is -2.44. The minimum absolute atomic E-state index is 0.297. The van der Waals surface area contributed by atoms with Gasteiger partial charge in [0.1, 0.15) is 0 Å². The van der Waals surface area contributed by atoms with Gasteiger partial charge < -0.3 is 5.32 Å². The molecular formula is C16H13F8N. The van der Waals surface area contributed by atoms with Crippen molar-refractivity contribution >= 4 is 0 Å². The lowest BCUT2D eigenvalue weighted by atomic mass is 10.0. The molecule has 1 N–H and O–H groups in total. The Kier molecular flexibility index (Phi) is 7.35. The van der Waals surface area contributed by atoms with Gasteiger partial charge in [-0.05, 0) is 32.1 Å². The van der Waals surface area contributed by atoms with E-state index in [9.17, 15) is 35.1 Å². The number of rotatable bonds is 3. The molecule has 25 heavy (non-hydrogen) atoms. The molecule has 0 aliphatic carbocycles. The van der Waals surface area contributed by atoms with E-state index >= 15 is 0 Å². The van der Waals surface area contributed by atoms with E-state index in [-0.39, 0.29) is 0 Å². The van der Waals surface area contributed by atoms with Crippen LogP contribution in [0.4, 0.5) is 35.1 Å². The van der Waals surface area contributed by atoms with Crippen molar-refractivity contribution in [3.63, 3.8) is 0 Å². The van der Waals surface area contributed by atoms with Gasteiger partial charge in [0.05, 0.1) is 5.56 Å². The average molecular weight is 371 g/mol. The Morgan fingerprint density at radius 2 is 1.16 bits per heavy atom. The maximum Gasteiger partial charge on any atom is 0.200 e. The van der Waals surface area contributed by atoms with Gasteiger partial charge in [-0.1, -0.05) is 6.92 Å². The molecule has 0 aromatic heterocycles. The van der Waals surface area contributed by atoms with Crippen molar-refractivity contribution in [1.29, 1.82) is 0 Å². The first-order chi connectivity index (χ1) is 11.7. The average Bonchev–Trinajstić information content (AvgIpc) is 2.59. The van der Waals surface area contributed by atoms with E-state index in [2.05, 4.69) is 12.2 Å². The third-order valence-corrected chi connectivity index (χ3v) is 3.01. The van der Waals surface area contributed by atoms with Crippen molar-refractivity contribution in [2.75, 3.05) is 13.6 Å². The predicted octanol–water partition coefficient (Wildman–Crippen LogP) is 5.08.